The molecule has 2 aromatic rings. The molecule has 0 saturated carbocycles. The summed E-state index contributed by atoms with van der Waals surface area (Å²) in [4.78, 5) is 1.21. The minimum atomic E-state index is 0.0770. The van der Waals surface area contributed by atoms with E-state index < -0.39 is 0 Å². The van der Waals surface area contributed by atoms with Gasteiger partial charge >= 0.3 is 0 Å². The molecule has 3 rings (SSSR count). The van der Waals surface area contributed by atoms with Crippen molar-refractivity contribution in [3.8, 4) is 5.75 Å². The second-order valence-corrected chi connectivity index (χ2v) is 6.79. The lowest BCUT2D eigenvalue weighted by atomic mass is 10.1. The van der Waals surface area contributed by atoms with Crippen LogP contribution in [0.5, 0.6) is 5.75 Å². The van der Waals surface area contributed by atoms with Crippen LogP contribution in [-0.4, -0.2) is 28.7 Å². The number of aryl methyl sites for hydroxylation is 1. The van der Waals surface area contributed by atoms with Crippen molar-refractivity contribution in [3.63, 3.8) is 0 Å². The van der Waals surface area contributed by atoms with Crippen molar-refractivity contribution in [2.24, 2.45) is 0 Å². The van der Waals surface area contributed by atoms with E-state index >= 15 is 0 Å². The maximum absolute atomic E-state index is 6.22. The molecule has 0 aliphatic carbocycles. The standard InChI is InChI=1S/C15H18BrN3OS/c1-3-19-15(10(16)8-18-19)14(17-2)12-9-21-13-7-5-4-6-11(13)20-12/h4-8,12,14,17H,3,9H2,1-2H3. The second kappa shape index (κ2) is 6.42. The number of aromatic nitrogens is 2. The molecule has 0 fully saturated rings. The van der Waals surface area contributed by atoms with E-state index in [0.717, 1.165) is 28.2 Å². The van der Waals surface area contributed by atoms with Crippen molar-refractivity contribution in [2.75, 3.05) is 12.8 Å². The molecule has 0 radical (unpaired) electrons. The first-order chi connectivity index (χ1) is 10.2. The topological polar surface area (TPSA) is 39.1 Å². The minimum absolute atomic E-state index is 0.0770. The molecular weight excluding hydrogens is 350 g/mol. The van der Waals surface area contributed by atoms with Crippen LogP contribution < -0.4 is 10.1 Å². The molecule has 4 nitrogen and oxygen atoms in total. The van der Waals surface area contributed by atoms with Crippen LogP contribution in [-0.2, 0) is 6.54 Å². The van der Waals surface area contributed by atoms with Crippen molar-refractivity contribution >= 4 is 27.7 Å². The monoisotopic (exact) mass is 367 g/mol. The van der Waals surface area contributed by atoms with E-state index in [0.29, 0.717) is 0 Å². The van der Waals surface area contributed by atoms with Gasteiger partial charge in [-0.15, -0.1) is 11.8 Å². The summed E-state index contributed by atoms with van der Waals surface area (Å²) < 4.78 is 9.26. The number of nitrogens with one attached hydrogen (secondary N) is 1. The van der Waals surface area contributed by atoms with Crippen molar-refractivity contribution in [1.29, 1.82) is 0 Å². The van der Waals surface area contributed by atoms with Gasteiger partial charge in [0, 0.05) is 17.2 Å². The van der Waals surface area contributed by atoms with Gasteiger partial charge in [-0.1, -0.05) is 12.1 Å². The third-order valence-corrected chi connectivity index (χ3v) is 5.40. The molecule has 2 heterocycles. The average Bonchev–Trinajstić information content (AvgIpc) is 2.89. The van der Waals surface area contributed by atoms with E-state index in [2.05, 4.69) is 39.3 Å². The Labute approximate surface area is 137 Å². The fraction of sp³-hybridized carbons (Fsp3) is 0.400. The normalized spacial score (nSPS) is 18.9. The van der Waals surface area contributed by atoms with Gasteiger partial charge in [0.25, 0.3) is 0 Å². The summed E-state index contributed by atoms with van der Waals surface area (Å²) in [5.74, 6) is 1.89. The Kier molecular flexibility index (Phi) is 4.57. The molecule has 6 heteroatoms. The molecule has 0 spiro atoms. The molecule has 2 atom stereocenters. The molecule has 0 amide bonds. The molecule has 1 aliphatic rings. The van der Waals surface area contributed by atoms with Crippen LogP contribution in [0.15, 0.2) is 39.8 Å². The predicted octanol–water partition coefficient (Wildman–Crippen LogP) is 3.48. The van der Waals surface area contributed by atoms with E-state index in [4.69, 9.17) is 4.74 Å². The van der Waals surface area contributed by atoms with E-state index in [1.165, 1.54) is 4.90 Å². The zero-order valence-electron chi connectivity index (χ0n) is 12.0. The van der Waals surface area contributed by atoms with Gasteiger partial charge in [-0.25, -0.2) is 0 Å². The van der Waals surface area contributed by atoms with E-state index in [1.807, 2.05) is 47.9 Å². The summed E-state index contributed by atoms with van der Waals surface area (Å²) in [6.45, 7) is 2.94. The Bertz CT molecular complexity index is 631. The lowest BCUT2D eigenvalue weighted by Gasteiger charge is -2.32. The smallest absolute Gasteiger partial charge is 0.133 e. The first kappa shape index (κ1) is 14.9. The molecular formula is C15H18BrN3OS. The Hall–Kier alpha value is -0.980. The fourth-order valence-corrected chi connectivity index (χ4v) is 4.21. The summed E-state index contributed by atoms with van der Waals surface area (Å²) in [6, 6.07) is 8.31. The summed E-state index contributed by atoms with van der Waals surface area (Å²) in [5, 5.41) is 7.80. The maximum Gasteiger partial charge on any atom is 0.133 e. The van der Waals surface area contributed by atoms with E-state index in [1.54, 1.807) is 0 Å². The molecule has 1 aliphatic heterocycles. The summed E-state index contributed by atoms with van der Waals surface area (Å²) in [5.41, 5.74) is 1.14. The van der Waals surface area contributed by atoms with Gasteiger partial charge in [-0.3, -0.25) is 4.68 Å². The largest absolute Gasteiger partial charge is 0.486 e. The van der Waals surface area contributed by atoms with E-state index in [9.17, 15) is 0 Å². The fourth-order valence-electron chi connectivity index (χ4n) is 2.63. The van der Waals surface area contributed by atoms with Crippen molar-refractivity contribution in [1.82, 2.24) is 15.1 Å². The van der Waals surface area contributed by atoms with Crippen LogP contribution in [0.1, 0.15) is 18.7 Å². The summed E-state index contributed by atoms with van der Waals surface area (Å²) >= 11 is 5.46. The third kappa shape index (κ3) is 2.84. The van der Waals surface area contributed by atoms with Crippen molar-refractivity contribution < 1.29 is 4.74 Å². The Morgan fingerprint density at radius 2 is 2.33 bits per heavy atom. The second-order valence-electron chi connectivity index (χ2n) is 4.87. The third-order valence-electron chi connectivity index (χ3n) is 3.64. The quantitative estimate of drug-likeness (QED) is 0.897. The van der Waals surface area contributed by atoms with Crippen LogP contribution in [0.4, 0.5) is 0 Å². The number of halogens is 1. The van der Waals surface area contributed by atoms with Crippen LogP contribution in [0.3, 0.4) is 0 Å². The molecule has 0 bridgehead atoms. The number of hydrogen-bond acceptors (Lipinski definition) is 4. The number of likely N-dealkylation sites (N-methyl/N-ethyl adjacent to an activating group) is 1. The van der Waals surface area contributed by atoms with Gasteiger partial charge in [0.1, 0.15) is 11.9 Å². The molecule has 112 valence electrons. The van der Waals surface area contributed by atoms with Crippen LogP contribution in [0.25, 0.3) is 0 Å². The van der Waals surface area contributed by atoms with Gasteiger partial charge in [-0.05, 0) is 42.0 Å². The Balaban J connectivity index is 1.90. The van der Waals surface area contributed by atoms with Crippen LogP contribution in [0, 0.1) is 0 Å². The Morgan fingerprint density at radius 1 is 1.52 bits per heavy atom. The van der Waals surface area contributed by atoms with Crippen molar-refractivity contribution in [2.45, 2.75) is 30.5 Å². The molecule has 1 aromatic heterocycles. The lowest BCUT2D eigenvalue weighted by molar-refractivity contribution is 0.166. The number of fused-ring (bicyclic) bond motifs is 1. The first-order valence-corrected chi connectivity index (χ1v) is 8.79. The number of nitrogens with zero attached hydrogens (tertiary/aromatic N) is 2. The first-order valence-electron chi connectivity index (χ1n) is 7.01. The van der Waals surface area contributed by atoms with Crippen LogP contribution >= 0.6 is 27.7 Å². The number of ether oxygens (including phenoxy) is 1. The lowest BCUT2D eigenvalue weighted by Crippen LogP contribution is -2.38. The summed E-state index contributed by atoms with van der Waals surface area (Å²) in [6.07, 6.45) is 1.93. The number of para-hydroxylation sites is 1. The number of thioether (sulfide) groups is 1. The zero-order valence-corrected chi connectivity index (χ0v) is 14.4. The SMILES string of the molecule is CCn1ncc(Br)c1C(NC)C1CSc2ccccc2O1. The highest BCUT2D eigenvalue weighted by Crippen LogP contribution is 2.39. The molecule has 0 saturated heterocycles. The molecule has 1 N–H and O–H groups in total. The number of rotatable bonds is 4. The molecule has 21 heavy (non-hydrogen) atoms. The van der Waals surface area contributed by atoms with Gasteiger partial charge in [0.05, 0.1) is 22.4 Å². The molecule has 1 aromatic carbocycles. The minimum Gasteiger partial charge on any atom is -0.486 e. The Morgan fingerprint density at radius 3 is 3.10 bits per heavy atom. The highest BCUT2D eigenvalue weighted by Gasteiger charge is 2.31. The average molecular weight is 368 g/mol. The number of benzene rings is 1. The van der Waals surface area contributed by atoms with Gasteiger partial charge in [0.2, 0.25) is 0 Å². The maximum atomic E-state index is 6.22. The highest BCUT2D eigenvalue weighted by molar-refractivity contribution is 9.10. The van der Waals surface area contributed by atoms with Gasteiger partial charge < -0.3 is 10.1 Å². The van der Waals surface area contributed by atoms with Crippen molar-refractivity contribution in [3.05, 3.63) is 40.6 Å². The zero-order chi connectivity index (χ0) is 14.8. The van der Waals surface area contributed by atoms with Gasteiger partial charge in [0.15, 0.2) is 0 Å². The molecule has 2 unspecified atom stereocenters. The van der Waals surface area contributed by atoms with Crippen LogP contribution in [0.2, 0.25) is 0 Å². The predicted molar refractivity (Wildman–Crippen MR) is 89.0 cm³/mol. The highest BCUT2D eigenvalue weighted by atomic mass is 79.9. The number of hydrogen-bond donors (Lipinski definition) is 1. The summed E-state index contributed by atoms with van der Waals surface area (Å²) in [7, 11) is 1.97. The van der Waals surface area contributed by atoms with Gasteiger partial charge in [-0.2, -0.15) is 5.10 Å². The van der Waals surface area contributed by atoms with E-state index in [-0.39, 0.29) is 12.1 Å².